The fraction of sp³-hybridized carbons (Fsp3) is 0.294. The van der Waals surface area contributed by atoms with Crippen LogP contribution >= 0.6 is 0 Å². The highest BCUT2D eigenvalue weighted by atomic mass is 16.7. The number of methoxy groups -OCH3 is 2. The van der Waals surface area contributed by atoms with Gasteiger partial charge in [0, 0.05) is 0 Å². The molecule has 0 radical (unpaired) electrons. The molecule has 0 saturated carbocycles. The molecule has 0 bridgehead atoms. The predicted octanol–water partition coefficient (Wildman–Crippen LogP) is 5.59. The largest absolute Gasteiger partial charge is 0.494 e. The van der Waals surface area contributed by atoms with E-state index in [0.717, 1.165) is 24.7 Å². The Bertz CT molecular complexity index is 1810. The minimum absolute atomic E-state index is 0.0828. The molecular weight excluding hydrogens is 584 g/mol. The molecule has 0 fully saturated rings. The zero-order valence-corrected chi connectivity index (χ0v) is 25.2. The summed E-state index contributed by atoms with van der Waals surface area (Å²) in [5.41, 5.74) is 1.89. The summed E-state index contributed by atoms with van der Waals surface area (Å²) in [4.78, 5) is 48.9. The summed E-state index contributed by atoms with van der Waals surface area (Å²) in [6, 6.07) is 15.5. The van der Waals surface area contributed by atoms with Crippen LogP contribution in [0.4, 0.5) is 0 Å². The summed E-state index contributed by atoms with van der Waals surface area (Å²) in [5.74, 6) is -0.689. The van der Waals surface area contributed by atoms with Gasteiger partial charge in [0.15, 0.2) is 23.2 Å². The molecule has 11 nitrogen and oxygen atoms in total. The SMILES string of the molecule is CCCCOc1ccc2c(c1)C(=O)C(C(=O)OC)C(c1ccc3c(c1)OCO3)O2.COC(=O)c1coc2ccc(C)cc2c1=O. The average Bonchev–Trinajstić information content (AvgIpc) is 3.53. The number of Topliss-reactive ketones (excluding diaryl/α,β-unsaturated/α-hetero) is 1. The summed E-state index contributed by atoms with van der Waals surface area (Å²) in [6.07, 6.45) is 2.22. The Kier molecular flexibility index (Phi) is 9.36. The van der Waals surface area contributed by atoms with Crippen LogP contribution in [0.3, 0.4) is 0 Å². The highest BCUT2D eigenvalue weighted by molar-refractivity contribution is 6.11. The van der Waals surface area contributed by atoms with Crippen molar-refractivity contribution in [2.45, 2.75) is 32.8 Å². The number of ketones is 1. The van der Waals surface area contributed by atoms with E-state index in [1.54, 1.807) is 48.5 Å². The van der Waals surface area contributed by atoms with Crippen molar-refractivity contribution in [1.82, 2.24) is 0 Å². The molecular formula is C34H32O11. The van der Waals surface area contributed by atoms with Crippen LogP contribution in [-0.4, -0.2) is 45.3 Å². The van der Waals surface area contributed by atoms with E-state index in [1.807, 2.05) is 13.0 Å². The van der Waals surface area contributed by atoms with Crippen LogP contribution in [-0.2, 0) is 14.3 Å². The standard InChI is InChI=1S/C22H22O7.C12H10O4/c1-3-4-9-26-14-6-8-16-15(11-14)20(23)19(22(24)25-2)21(29-16)13-5-7-17-18(10-13)28-12-27-17;1-7-3-4-10-8(5-7)11(13)9(6-16-10)12(14)15-2/h5-8,10-11,19,21H,3-4,9,12H2,1-2H3;3-6H,1-2H3. The molecule has 11 heteroatoms. The van der Waals surface area contributed by atoms with E-state index in [0.29, 0.717) is 51.7 Å². The maximum absolute atomic E-state index is 13.2. The van der Waals surface area contributed by atoms with Crippen molar-refractivity contribution < 1.29 is 47.2 Å². The van der Waals surface area contributed by atoms with Gasteiger partial charge >= 0.3 is 11.9 Å². The first kappa shape index (κ1) is 31.1. The molecule has 6 rings (SSSR count). The van der Waals surface area contributed by atoms with Gasteiger partial charge in [0.25, 0.3) is 0 Å². The fourth-order valence-electron chi connectivity index (χ4n) is 4.94. The molecule has 3 heterocycles. The van der Waals surface area contributed by atoms with Gasteiger partial charge in [-0.2, -0.15) is 0 Å². The fourth-order valence-corrected chi connectivity index (χ4v) is 4.94. The second-order valence-electron chi connectivity index (χ2n) is 10.3. The van der Waals surface area contributed by atoms with E-state index in [2.05, 4.69) is 11.7 Å². The smallest absolute Gasteiger partial charge is 0.345 e. The third kappa shape index (κ3) is 6.47. The molecule has 0 aliphatic carbocycles. The quantitative estimate of drug-likeness (QED) is 0.146. The second-order valence-corrected chi connectivity index (χ2v) is 10.3. The van der Waals surface area contributed by atoms with E-state index in [4.69, 9.17) is 28.1 Å². The topological polar surface area (TPSA) is 137 Å². The van der Waals surface area contributed by atoms with Crippen molar-refractivity contribution in [3.05, 3.63) is 93.3 Å². The Morgan fingerprint density at radius 2 is 1.69 bits per heavy atom. The third-order valence-corrected chi connectivity index (χ3v) is 7.34. The van der Waals surface area contributed by atoms with Gasteiger partial charge in [-0.15, -0.1) is 0 Å². The Morgan fingerprint density at radius 3 is 2.44 bits per heavy atom. The maximum Gasteiger partial charge on any atom is 0.345 e. The molecule has 0 saturated heterocycles. The summed E-state index contributed by atoms with van der Waals surface area (Å²) in [5, 5.41) is 0.392. The lowest BCUT2D eigenvalue weighted by molar-refractivity contribution is -0.147. The van der Waals surface area contributed by atoms with Crippen LogP contribution in [0.5, 0.6) is 23.0 Å². The number of carbonyl (C=O) groups excluding carboxylic acids is 3. The lowest BCUT2D eigenvalue weighted by Gasteiger charge is -2.31. The van der Waals surface area contributed by atoms with Crippen LogP contribution < -0.4 is 24.4 Å². The van der Waals surface area contributed by atoms with Crippen LogP contribution in [0.1, 0.15) is 57.7 Å². The Hall–Kier alpha value is -5.32. The molecule has 0 N–H and O–H groups in total. The maximum atomic E-state index is 13.2. The number of unbranched alkanes of at least 4 members (excludes halogenated alkanes) is 1. The minimum atomic E-state index is -1.13. The number of aryl methyl sites for hydroxylation is 1. The number of rotatable bonds is 7. The van der Waals surface area contributed by atoms with Gasteiger partial charge in [-0.05, 0) is 61.4 Å². The van der Waals surface area contributed by atoms with E-state index in [9.17, 15) is 19.2 Å². The molecule has 2 unspecified atom stereocenters. The number of ether oxygens (including phenoxy) is 6. The minimum Gasteiger partial charge on any atom is -0.494 e. The molecule has 2 aliphatic rings. The first-order chi connectivity index (χ1) is 21.7. The molecule has 2 aliphatic heterocycles. The van der Waals surface area contributed by atoms with E-state index in [1.165, 1.54) is 14.2 Å². The summed E-state index contributed by atoms with van der Waals surface area (Å²) >= 11 is 0. The summed E-state index contributed by atoms with van der Waals surface area (Å²) < 4.78 is 37.1. The van der Waals surface area contributed by atoms with Crippen LogP contribution in [0.2, 0.25) is 0 Å². The van der Waals surface area contributed by atoms with E-state index < -0.39 is 24.0 Å². The zero-order chi connectivity index (χ0) is 32.1. The molecule has 2 atom stereocenters. The monoisotopic (exact) mass is 616 g/mol. The highest BCUT2D eigenvalue weighted by Crippen LogP contribution is 2.43. The molecule has 234 valence electrons. The number of carbonyl (C=O) groups is 3. The number of benzene rings is 3. The third-order valence-electron chi connectivity index (χ3n) is 7.34. The van der Waals surface area contributed by atoms with Gasteiger partial charge in [0.05, 0.1) is 31.8 Å². The van der Waals surface area contributed by atoms with Crippen molar-refractivity contribution in [1.29, 1.82) is 0 Å². The van der Waals surface area contributed by atoms with Crippen LogP contribution in [0.15, 0.2) is 70.1 Å². The van der Waals surface area contributed by atoms with Gasteiger partial charge in [-0.3, -0.25) is 14.4 Å². The van der Waals surface area contributed by atoms with Crippen molar-refractivity contribution in [2.75, 3.05) is 27.6 Å². The Morgan fingerprint density at radius 1 is 0.911 bits per heavy atom. The van der Waals surface area contributed by atoms with Crippen molar-refractivity contribution in [3.63, 3.8) is 0 Å². The lowest BCUT2D eigenvalue weighted by atomic mass is 9.85. The first-order valence-electron chi connectivity index (χ1n) is 14.3. The van der Waals surface area contributed by atoms with Gasteiger partial charge in [0.2, 0.25) is 12.2 Å². The highest BCUT2D eigenvalue weighted by Gasteiger charge is 2.44. The normalized spacial score (nSPS) is 16.1. The van der Waals surface area contributed by atoms with Crippen LogP contribution in [0.25, 0.3) is 11.0 Å². The van der Waals surface area contributed by atoms with Gasteiger partial charge in [0.1, 0.15) is 35.0 Å². The average molecular weight is 617 g/mol. The second kappa shape index (κ2) is 13.5. The summed E-state index contributed by atoms with van der Waals surface area (Å²) in [6.45, 7) is 4.63. The Balaban J connectivity index is 0.000000211. The number of hydrogen-bond donors (Lipinski definition) is 0. The molecule has 45 heavy (non-hydrogen) atoms. The number of fused-ring (bicyclic) bond motifs is 3. The van der Waals surface area contributed by atoms with E-state index in [-0.39, 0.29) is 23.6 Å². The van der Waals surface area contributed by atoms with E-state index >= 15 is 0 Å². The first-order valence-corrected chi connectivity index (χ1v) is 14.3. The Labute approximate surface area is 258 Å². The number of hydrogen-bond acceptors (Lipinski definition) is 11. The number of esters is 2. The van der Waals surface area contributed by atoms with Gasteiger partial charge < -0.3 is 32.8 Å². The molecule has 3 aromatic carbocycles. The van der Waals surface area contributed by atoms with Crippen molar-refractivity contribution in [2.24, 2.45) is 5.92 Å². The lowest BCUT2D eigenvalue weighted by Crippen LogP contribution is -2.37. The zero-order valence-electron chi connectivity index (χ0n) is 25.2. The van der Waals surface area contributed by atoms with Crippen molar-refractivity contribution >= 4 is 28.7 Å². The molecule has 1 aromatic heterocycles. The van der Waals surface area contributed by atoms with Crippen molar-refractivity contribution in [3.8, 4) is 23.0 Å². The summed E-state index contributed by atoms with van der Waals surface area (Å²) in [7, 11) is 2.48. The molecule has 0 amide bonds. The van der Waals surface area contributed by atoms with Crippen LogP contribution in [0, 0.1) is 12.8 Å². The predicted molar refractivity (Wildman–Crippen MR) is 161 cm³/mol. The molecule has 4 aromatic rings. The van der Waals surface area contributed by atoms with Gasteiger partial charge in [-0.1, -0.05) is 31.0 Å². The molecule has 0 spiro atoms. The van der Waals surface area contributed by atoms with Gasteiger partial charge in [-0.25, -0.2) is 4.79 Å².